The van der Waals surface area contributed by atoms with E-state index in [1.807, 2.05) is 13.0 Å². The number of carbonyl (C=O) groups is 1. The molecule has 1 atom stereocenters. The summed E-state index contributed by atoms with van der Waals surface area (Å²) >= 11 is 1.20. The molecule has 36 heavy (non-hydrogen) atoms. The molecule has 3 aromatic rings. The van der Waals surface area contributed by atoms with E-state index in [1.165, 1.54) is 49.3 Å². The van der Waals surface area contributed by atoms with E-state index < -0.39 is 12.8 Å². The van der Waals surface area contributed by atoms with Gasteiger partial charge in [-0.2, -0.15) is 23.7 Å². The quantitative estimate of drug-likeness (QED) is 0.437. The number of rotatable bonds is 7. The van der Waals surface area contributed by atoms with Crippen LogP contribution in [0, 0.1) is 22.7 Å². The number of aromatic nitrogens is 2. The summed E-state index contributed by atoms with van der Waals surface area (Å²) in [6.07, 6.45) is -2.99. The fourth-order valence-corrected chi connectivity index (χ4v) is 4.28. The van der Waals surface area contributed by atoms with Crippen LogP contribution in [0.5, 0.6) is 5.75 Å². The minimum atomic E-state index is -4.49. The second-order valence-electron chi connectivity index (χ2n) is 7.39. The van der Waals surface area contributed by atoms with Gasteiger partial charge in [-0.1, -0.05) is 23.9 Å². The number of amides is 1. The van der Waals surface area contributed by atoms with Crippen LogP contribution in [0.4, 0.5) is 19.0 Å². The van der Waals surface area contributed by atoms with E-state index in [0.29, 0.717) is 5.56 Å². The number of nitriles is 2. The highest BCUT2D eigenvalue weighted by Crippen LogP contribution is 2.41. The number of alkyl halides is 3. The standard InChI is InChI=1S/C24H19F3N6O2S/c1-13(15-7-8-32-19(9-15)22(34)31-2)36-23-18(11-29)20(17(10-28)21(30)33-23)14-3-5-16(6-4-14)35-12-24(25,26)27/h3-9,13H,12H2,1-2H3,(H2,30,33)(H,31,34). The first-order valence-corrected chi connectivity index (χ1v) is 11.2. The minimum Gasteiger partial charge on any atom is -0.484 e. The third kappa shape index (κ3) is 6.03. The average Bonchev–Trinajstić information content (AvgIpc) is 2.86. The lowest BCUT2D eigenvalue weighted by Crippen LogP contribution is -2.19. The molecule has 184 valence electrons. The van der Waals surface area contributed by atoms with E-state index >= 15 is 0 Å². The lowest BCUT2D eigenvalue weighted by Gasteiger charge is -2.17. The molecule has 12 heteroatoms. The van der Waals surface area contributed by atoms with Crippen molar-refractivity contribution in [1.29, 1.82) is 10.5 Å². The second kappa shape index (κ2) is 11.0. The van der Waals surface area contributed by atoms with Crippen molar-refractivity contribution in [3.63, 3.8) is 0 Å². The highest BCUT2D eigenvalue weighted by Gasteiger charge is 2.28. The first-order valence-electron chi connectivity index (χ1n) is 10.4. The third-order valence-corrected chi connectivity index (χ3v) is 6.11. The van der Waals surface area contributed by atoms with Gasteiger partial charge in [0.05, 0.1) is 5.56 Å². The van der Waals surface area contributed by atoms with Gasteiger partial charge in [-0.3, -0.25) is 9.78 Å². The number of thioether (sulfide) groups is 1. The molecular weight excluding hydrogens is 493 g/mol. The van der Waals surface area contributed by atoms with E-state index in [-0.39, 0.29) is 50.1 Å². The lowest BCUT2D eigenvalue weighted by atomic mass is 9.97. The number of benzene rings is 1. The van der Waals surface area contributed by atoms with Gasteiger partial charge < -0.3 is 15.8 Å². The highest BCUT2D eigenvalue weighted by atomic mass is 32.2. The smallest absolute Gasteiger partial charge is 0.422 e. The van der Waals surface area contributed by atoms with Gasteiger partial charge in [0.25, 0.3) is 5.91 Å². The van der Waals surface area contributed by atoms with Crippen molar-refractivity contribution in [2.24, 2.45) is 0 Å². The summed E-state index contributed by atoms with van der Waals surface area (Å²) in [5.41, 5.74) is 7.67. The number of halogens is 3. The number of anilines is 1. The third-order valence-electron chi connectivity index (χ3n) is 4.96. The summed E-state index contributed by atoms with van der Waals surface area (Å²) in [5, 5.41) is 22.1. The van der Waals surface area contributed by atoms with Crippen molar-refractivity contribution in [3.05, 3.63) is 65.0 Å². The van der Waals surface area contributed by atoms with Crippen LogP contribution in [0.15, 0.2) is 47.6 Å². The van der Waals surface area contributed by atoms with Crippen LogP contribution in [0.2, 0.25) is 0 Å². The lowest BCUT2D eigenvalue weighted by molar-refractivity contribution is -0.153. The van der Waals surface area contributed by atoms with Crippen LogP contribution in [-0.4, -0.2) is 35.7 Å². The Hall–Kier alpha value is -4.29. The van der Waals surface area contributed by atoms with Gasteiger partial charge in [0.2, 0.25) is 0 Å². The van der Waals surface area contributed by atoms with Gasteiger partial charge in [-0.25, -0.2) is 4.98 Å². The van der Waals surface area contributed by atoms with Gasteiger partial charge in [0.1, 0.15) is 40.0 Å². The number of carbonyl (C=O) groups excluding carboxylic acids is 1. The number of nitrogen functional groups attached to an aromatic ring is 1. The average molecular weight is 513 g/mol. The fourth-order valence-electron chi connectivity index (χ4n) is 3.24. The SMILES string of the molecule is CNC(=O)c1cc(C(C)Sc2nc(N)c(C#N)c(-c3ccc(OCC(F)(F)F)cc3)c2C#N)ccn1. The minimum absolute atomic E-state index is 0.0250. The van der Waals surface area contributed by atoms with Crippen LogP contribution in [-0.2, 0) is 0 Å². The van der Waals surface area contributed by atoms with E-state index in [4.69, 9.17) is 10.5 Å². The van der Waals surface area contributed by atoms with Crippen LogP contribution in [0.3, 0.4) is 0 Å². The molecule has 0 spiro atoms. The zero-order valence-electron chi connectivity index (χ0n) is 19.1. The van der Waals surface area contributed by atoms with Crippen LogP contribution < -0.4 is 15.8 Å². The van der Waals surface area contributed by atoms with Gasteiger partial charge in [0.15, 0.2) is 6.61 Å². The Morgan fingerprint density at radius 1 is 1.19 bits per heavy atom. The molecule has 0 bridgehead atoms. The summed E-state index contributed by atoms with van der Waals surface area (Å²) in [6.45, 7) is 0.397. The molecule has 3 rings (SSSR count). The topological polar surface area (TPSA) is 138 Å². The van der Waals surface area contributed by atoms with Crippen molar-refractivity contribution in [2.75, 3.05) is 19.4 Å². The number of nitrogens with one attached hydrogen (secondary N) is 1. The molecule has 2 heterocycles. The summed E-state index contributed by atoms with van der Waals surface area (Å²) < 4.78 is 42.0. The monoisotopic (exact) mass is 512 g/mol. The van der Waals surface area contributed by atoms with Crippen LogP contribution in [0.1, 0.15) is 39.4 Å². The van der Waals surface area contributed by atoms with Crippen molar-refractivity contribution < 1.29 is 22.7 Å². The summed E-state index contributed by atoms with van der Waals surface area (Å²) in [6, 6.07) is 12.9. The second-order valence-corrected chi connectivity index (χ2v) is 8.72. The summed E-state index contributed by atoms with van der Waals surface area (Å²) in [4.78, 5) is 20.2. The Morgan fingerprint density at radius 3 is 2.44 bits per heavy atom. The molecule has 0 radical (unpaired) electrons. The highest BCUT2D eigenvalue weighted by molar-refractivity contribution is 7.99. The van der Waals surface area contributed by atoms with Crippen molar-refractivity contribution in [3.8, 4) is 29.0 Å². The number of hydrogen-bond donors (Lipinski definition) is 2. The number of ether oxygens (including phenoxy) is 1. The first-order chi connectivity index (χ1) is 17.1. The van der Waals surface area contributed by atoms with Gasteiger partial charge >= 0.3 is 6.18 Å². The maximum absolute atomic E-state index is 12.4. The predicted octanol–water partition coefficient (Wildman–Crippen LogP) is 4.62. The molecule has 0 aliphatic carbocycles. The molecule has 0 fully saturated rings. The van der Waals surface area contributed by atoms with E-state index in [0.717, 1.165) is 5.56 Å². The van der Waals surface area contributed by atoms with Crippen molar-refractivity contribution in [2.45, 2.75) is 23.4 Å². The van der Waals surface area contributed by atoms with Crippen LogP contribution >= 0.6 is 11.8 Å². The molecule has 1 unspecified atom stereocenters. The zero-order valence-corrected chi connectivity index (χ0v) is 19.9. The summed E-state index contributed by atoms with van der Waals surface area (Å²) in [7, 11) is 1.49. The van der Waals surface area contributed by atoms with Gasteiger partial charge in [-0.05, 0) is 42.3 Å². The maximum Gasteiger partial charge on any atom is 0.422 e. The van der Waals surface area contributed by atoms with E-state index in [9.17, 15) is 28.5 Å². The molecule has 1 amide bonds. The predicted molar refractivity (Wildman–Crippen MR) is 127 cm³/mol. The molecule has 8 nitrogen and oxygen atoms in total. The van der Waals surface area contributed by atoms with E-state index in [1.54, 1.807) is 12.1 Å². The zero-order chi connectivity index (χ0) is 26.5. The number of nitrogens with two attached hydrogens (primary N) is 1. The number of pyridine rings is 2. The molecule has 0 saturated heterocycles. The Kier molecular flexibility index (Phi) is 8.02. The Labute approximate surface area is 208 Å². The van der Waals surface area contributed by atoms with Crippen LogP contribution in [0.25, 0.3) is 11.1 Å². The normalized spacial score (nSPS) is 11.8. The Balaban J connectivity index is 2.00. The molecule has 0 aliphatic heterocycles. The Bertz CT molecular complexity index is 1360. The largest absolute Gasteiger partial charge is 0.484 e. The molecule has 0 aliphatic rings. The first kappa shape index (κ1) is 26.3. The maximum atomic E-state index is 12.4. The van der Waals surface area contributed by atoms with Crippen molar-refractivity contribution >= 4 is 23.5 Å². The van der Waals surface area contributed by atoms with Gasteiger partial charge in [0, 0.05) is 24.1 Å². The summed E-state index contributed by atoms with van der Waals surface area (Å²) in [5.74, 6) is -0.472. The van der Waals surface area contributed by atoms with E-state index in [2.05, 4.69) is 21.4 Å². The fraction of sp³-hybridized carbons (Fsp3) is 0.208. The number of hydrogen-bond acceptors (Lipinski definition) is 8. The molecule has 0 saturated carbocycles. The molecule has 1 aromatic carbocycles. The Morgan fingerprint density at radius 2 is 1.86 bits per heavy atom. The molecule has 2 aromatic heterocycles. The number of nitrogens with zero attached hydrogens (tertiary/aromatic N) is 4. The molecule has 3 N–H and O–H groups in total. The molecular formula is C24H19F3N6O2S. The van der Waals surface area contributed by atoms with Gasteiger partial charge in [-0.15, -0.1) is 0 Å². The van der Waals surface area contributed by atoms with Crippen molar-refractivity contribution in [1.82, 2.24) is 15.3 Å².